The van der Waals surface area contributed by atoms with Gasteiger partial charge in [0.1, 0.15) is 4.75 Å². The molecule has 0 aromatic heterocycles. The third-order valence-corrected chi connectivity index (χ3v) is 5.75. The van der Waals surface area contributed by atoms with Crippen LogP contribution < -0.4 is 5.32 Å². The zero-order valence-corrected chi connectivity index (χ0v) is 14.1. The number of carbonyl (C=O) groups is 1. The first-order chi connectivity index (χ1) is 9.29. The number of hydrogen-bond acceptors (Lipinski definition) is 4. The third kappa shape index (κ3) is 4.13. The Balaban J connectivity index is 2.57. The van der Waals surface area contributed by atoms with Crippen LogP contribution in [0.3, 0.4) is 0 Å². The summed E-state index contributed by atoms with van der Waals surface area (Å²) in [6.45, 7) is 9.75. The molecule has 0 radical (unpaired) electrons. The van der Waals surface area contributed by atoms with E-state index in [4.69, 9.17) is 0 Å². The maximum Gasteiger partial charge on any atom is 0.237 e. The second-order valence-corrected chi connectivity index (χ2v) is 7.44. The minimum absolute atomic E-state index is 0.0884. The molecule has 20 heavy (non-hydrogen) atoms. The lowest BCUT2D eigenvalue weighted by Gasteiger charge is -2.39. The Morgan fingerprint density at radius 1 is 1.50 bits per heavy atom. The van der Waals surface area contributed by atoms with Crippen LogP contribution in [0.1, 0.15) is 47.0 Å². The van der Waals surface area contributed by atoms with Crippen molar-refractivity contribution in [2.24, 2.45) is 0 Å². The third-order valence-electron chi connectivity index (χ3n) is 4.47. The van der Waals surface area contributed by atoms with Gasteiger partial charge in [-0.15, -0.1) is 11.8 Å². The Hall–Kier alpha value is -0.730. The predicted octanol–water partition coefficient (Wildman–Crippen LogP) is 2.40. The molecular weight excluding hydrogens is 270 g/mol. The SMILES string of the molecule is CCC(C)(C)NC(=O)C(C)N1CCC(C#N)(SC)CC1. The van der Waals surface area contributed by atoms with Crippen molar-refractivity contribution in [3.63, 3.8) is 0 Å². The van der Waals surface area contributed by atoms with E-state index in [-0.39, 0.29) is 22.2 Å². The van der Waals surface area contributed by atoms with E-state index in [1.54, 1.807) is 11.8 Å². The van der Waals surface area contributed by atoms with Gasteiger partial charge in [-0.25, -0.2) is 0 Å². The van der Waals surface area contributed by atoms with Crippen LogP contribution in [0.5, 0.6) is 0 Å². The first-order valence-electron chi connectivity index (χ1n) is 7.31. The van der Waals surface area contributed by atoms with E-state index in [0.29, 0.717) is 0 Å². The molecule has 0 aromatic carbocycles. The quantitative estimate of drug-likeness (QED) is 0.846. The van der Waals surface area contributed by atoms with Crippen molar-refractivity contribution in [1.29, 1.82) is 5.26 Å². The number of thioether (sulfide) groups is 1. The van der Waals surface area contributed by atoms with Crippen LogP contribution in [0.4, 0.5) is 0 Å². The lowest BCUT2D eigenvalue weighted by Crippen LogP contribution is -2.54. The van der Waals surface area contributed by atoms with Crippen LogP contribution in [0, 0.1) is 11.3 Å². The molecule has 1 heterocycles. The fraction of sp³-hybridized carbons (Fsp3) is 0.867. The molecule has 0 bridgehead atoms. The lowest BCUT2D eigenvalue weighted by molar-refractivity contribution is -0.128. The number of piperidine rings is 1. The van der Waals surface area contributed by atoms with Gasteiger partial charge in [0.2, 0.25) is 5.91 Å². The standard InChI is InChI=1S/C15H27N3OS/c1-6-14(3,4)17-13(19)12(2)18-9-7-15(11-16,20-5)8-10-18/h12H,6-10H2,1-5H3,(H,17,19). The molecule has 1 N–H and O–H groups in total. The topological polar surface area (TPSA) is 56.1 Å². The number of rotatable bonds is 5. The first-order valence-corrected chi connectivity index (χ1v) is 8.54. The summed E-state index contributed by atoms with van der Waals surface area (Å²) in [5.74, 6) is 0.0884. The molecule has 5 heteroatoms. The smallest absolute Gasteiger partial charge is 0.237 e. The minimum Gasteiger partial charge on any atom is -0.350 e. The van der Waals surface area contributed by atoms with Gasteiger partial charge >= 0.3 is 0 Å². The summed E-state index contributed by atoms with van der Waals surface area (Å²) in [6, 6.07) is 2.31. The van der Waals surface area contributed by atoms with E-state index < -0.39 is 0 Å². The van der Waals surface area contributed by atoms with Gasteiger partial charge in [0.25, 0.3) is 0 Å². The fourth-order valence-corrected chi connectivity index (χ4v) is 3.01. The van der Waals surface area contributed by atoms with Gasteiger partial charge in [0.05, 0.1) is 12.1 Å². The number of nitrogens with one attached hydrogen (secondary N) is 1. The maximum absolute atomic E-state index is 12.3. The van der Waals surface area contributed by atoms with Crippen LogP contribution in [-0.2, 0) is 4.79 Å². The normalized spacial score (nSPS) is 21.0. The van der Waals surface area contributed by atoms with Gasteiger partial charge in [-0.2, -0.15) is 5.26 Å². The summed E-state index contributed by atoms with van der Waals surface area (Å²) in [5.41, 5.74) is -0.156. The van der Waals surface area contributed by atoms with E-state index in [0.717, 1.165) is 32.4 Å². The molecule has 1 atom stereocenters. The zero-order chi connectivity index (χ0) is 15.4. The number of hydrogen-bond donors (Lipinski definition) is 1. The van der Waals surface area contributed by atoms with Crippen LogP contribution in [0.15, 0.2) is 0 Å². The van der Waals surface area contributed by atoms with Crippen molar-refractivity contribution in [3.8, 4) is 6.07 Å². The molecule has 4 nitrogen and oxygen atoms in total. The highest BCUT2D eigenvalue weighted by molar-refractivity contribution is 8.00. The molecule has 0 aromatic rings. The van der Waals surface area contributed by atoms with E-state index in [2.05, 4.69) is 23.2 Å². The van der Waals surface area contributed by atoms with Crippen LogP contribution in [-0.4, -0.2) is 46.5 Å². The largest absolute Gasteiger partial charge is 0.350 e. The van der Waals surface area contributed by atoms with Crippen LogP contribution in [0.25, 0.3) is 0 Å². The summed E-state index contributed by atoms with van der Waals surface area (Å²) < 4.78 is -0.255. The van der Waals surface area contributed by atoms with Gasteiger partial charge < -0.3 is 5.32 Å². The number of nitrogens with zero attached hydrogens (tertiary/aromatic N) is 2. The van der Waals surface area contributed by atoms with Crippen molar-refractivity contribution in [1.82, 2.24) is 10.2 Å². The Kier molecular flexibility index (Phi) is 5.91. The van der Waals surface area contributed by atoms with Crippen molar-refractivity contribution in [3.05, 3.63) is 0 Å². The van der Waals surface area contributed by atoms with E-state index >= 15 is 0 Å². The highest BCUT2D eigenvalue weighted by Crippen LogP contribution is 2.34. The summed E-state index contributed by atoms with van der Waals surface area (Å²) in [6.07, 6.45) is 4.58. The molecule has 1 unspecified atom stereocenters. The molecule has 114 valence electrons. The summed E-state index contributed by atoms with van der Waals surface area (Å²) in [4.78, 5) is 14.5. The number of likely N-dealkylation sites (tertiary alicyclic amines) is 1. The van der Waals surface area contributed by atoms with Gasteiger partial charge in [-0.05, 0) is 46.3 Å². The summed E-state index contributed by atoms with van der Waals surface area (Å²) in [5, 5.41) is 12.4. The van der Waals surface area contributed by atoms with E-state index in [1.807, 2.05) is 27.0 Å². The van der Waals surface area contributed by atoms with Crippen molar-refractivity contribution < 1.29 is 4.79 Å². The average Bonchev–Trinajstić information content (AvgIpc) is 2.46. The summed E-state index contributed by atoms with van der Waals surface area (Å²) in [7, 11) is 0. The molecule has 0 spiro atoms. The number of carbonyl (C=O) groups excluding carboxylic acids is 1. The summed E-state index contributed by atoms with van der Waals surface area (Å²) >= 11 is 1.64. The monoisotopic (exact) mass is 297 g/mol. The average molecular weight is 297 g/mol. The van der Waals surface area contributed by atoms with Crippen molar-refractivity contribution in [2.75, 3.05) is 19.3 Å². The number of nitriles is 1. The minimum atomic E-state index is -0.255. The zero-order valence-electron chi connectivity index (χ0n) is 13.3. The lowest BCUT2D eigenvalue weighted by atomic mass is 9.95. The Morgan fingerprint density at radius 3 is 2.45 bits per heavy atom. The molecule has 1 saturated heterocycles. The first kappa shape index (κ1) is 17.3. The molecule has 1 aliphatic heterocycles. The fourth-order valence-electron chi connectivity index (χ4n) is 2.33. The predicted molar refractivity (Wildman–Crippen MR) is 84.6 cm³/mol. The Bertz CT molecular complexity index is 381. The van der Waals surface area contributed by atoms with Gasteiger partial charge in [0.15, 0.2) is 0 Å². The van der Waals surface area contributed by atoms with Crippen molar-refractivity contribution >= 4 is 17.7 Å². The highest BCUT2D eigenvalue weighted by Gasteiger charge is 2.37. The maximum atomic E-state index is 12.3. The van der Waals surface area contributed by atoms with Crippen LogP contribution >= 0.6 is 11.8 Å². The van der Waals surface area contributed by atoms with Gasteiger partial charge in [-0.1, -0.05) is 6.92 Å². The molecule has 0 saturated carbocycles. The molecule has 1 fully saturated rings. The van der Waals surface area contributed by atoms with E-state index in [1.165, 1.54) is 0 Å². The Morgan fingerprint density at radius 2 is 2.05 bits per heavy atom. The molecule has 1 aliphatic rings. The highest BCUT2D eigenvalue weighted by atomic mass is 32.2. The van der Waals surface area contributed by atoms with Gasteiger partial charge in [0, 0.05) is 18.6 Å². The second-order valence-electron chi connectivity index (χ2n) is 6.25. The van der Waals surface area contributed by atoms with Gasteiger partial charge in [-0.3, -0.25) is 9.69 Å². The van der Waals surface area contributed by atoms with Crippen molar-refractivity contribution in [2.45, 2.75) is 63.3 Å². The molecule has 1 rings (SSSR count). The van der Waals surface area contributed by atoms with Crippen LogP contribution in [0.2, 0.25) is 0 Å². The number of amides is 1. The second kappa shape index (κ2) is 6.82. The molecular formula is C15H27N3OS. The molecule has 0 aliphatic carbocycles. The molecule has 1 amide bonds. The van der Waals surface area contributed by atoms with E-state index in [9.17, 15) is 10.1 Å². The Labute approximate surface area is 127 Å².